The lowest BCUT2D eigenvalue weighted by atomic mass is 10.0. The molecule has 0 fully saturated rings. The molecule has 1 aromatic heterocycles. The van der Waals surface area contributed by atoms with Gasteiger partial charge in [0.2, 0.25) is 15.8 Å². The summed E-state index contributed by atoms with van der Waals surface area (Å²) in [6.07, 6.45) is 0.649. The Morgan fingerprint density at radius 2 is 1.25 bits per heavy atom. The van der Waals surface area contributed by atoms with E-state index in [0.717, 1.165) is 20.7 Å². The number of methoxy groups -OCH3 is 3. The molecule has 48 heavy (non-hydrogen) atoms. The summed E-state index contributed by atoms with van der Waals surface area (Å²) in [5, 5.41) is 12.2. The molecule has 0 unspecified atom stereocenters. The molecule has 0 spiro atoms. The number of hydrogen-bond donors (Lipinski definition) is 0. The van der Waals surface area contributed by atoms with Gasteiger partial charge in [0, 0.05) is 18.7 Å². The van der Waals surface area contributed by atoms with Crippen molar-refractivity contribution in [2.24, 2.45) is 0 Å². The largest absolute Gasteiger partial charge is 0.497 e. The van der Waals surface area contributed by atoms with Crippen LogP contribution in [0.4, 0.5) is 13.2 Å². The predicted octanol–water partition coefficient (Wildman–Crippen LogP) is 5.81. The van der Waals surface area contributed by atoms with Crippen LogP contribution in [0.1, 0.15) is 27.8 Å². The Kier molecular flexibility index (Phi) is 10.0. The van der Waals surface area contributed by atoms with Crippen molar-refractivity contribution >= 4 is 10.0 Å². The van der Waals surface area contributed by atoms with Crippen molar-refractivity contribution in [1.29, 1.82) is 0 Å². The highest BCUT2D eigenvalue weighted by molar-refractivity contribution is 7.89. The van der Waals surface area contributed by atoms with Crippen LogP contribution in [-0.4, -0.2) is 54.3 Å². The molecule has 0 aliphatic carbocycles. The molecule has 248 valence electrons. The van der Waals surface area contributed by atoms with Crippen molar-refractivity contribution in [1.82, 2.24) is 24.5 Å². The molecule has 0 radical (unpaired) electrons. The minimum atomic E-state index is -5.09. The van der Waals surface area contributed by atoms with Crippen LogP contribution in [0.3, 0.4) is 0 Å². The summed E-state index contributed by atoms with van der Waals surface area (Å²) in [6.45, 7) is -0.482. The van der Waals surface area contributed by atoms with Gasteiger partial charge < -0.3 is 14.2 Å². The fourth-order valence-electron chi connectivity index (χ4n) is 4.94. The molecule has 14 heteroatoms. The van der Waals surface area contributed by atoms with Gasteiger partial charge >= 0.3 is 6.18 Å². The zero-order valence-corrected chi connectivity index (χ0v) is 26.9. The molecule has 10 nitrogen and oxygen atoms in total. The van der Waals surface area contributed by atoms with E-state index in [4.69, 9.17) is 20.6 Å². The molecule has 4 aromatic carbocycles. The van der Waals surface area contributed by atoms with E-state index in [-0.39, 0.29) is 31.0 Å². The minimum Gasteiger partial charge on any atom is -0.497 e. The van der Waals surface area contributed by atoms with Crippen molar-refractivity contribution < 1.29 is 35.8 Å². The van der Waals surface area contributed by atoms with E-state index in [1.54, 1.807) is 72.8 Å². The van der Waals surface area contributed by atoms with Crippen molar-refractivity contribution in [2.75, 3.05) is 21.3 Å². The third-order valence-corrected chi connectivity index (χ3v) is 9.29. The molecule has 0 bridgehead atoms. The van der Waals surface area contributed by atoms with Gasteiger partial charge in [0.25, 0.3) is 0 Å². The van der Waals surface area contributed by atoms with Crippen LogP contribution in [-0.2, 0) is 35.8 Å². The average molecular weight is 678 g/mol. The molecule has 5 rings (SSSR count). The first-order valence-corrected chi connectivity index (χ1v) is 15.8. The summed E-state index contributed by atoms with van der Waals surface area (Å²) in [5.41, 5.74) is -0.321. The normalized spacial score (nSPS) is 11.7. The van der Waals surface area contributed by atoms with E-state index >= 15 is 0 Å². The lowest BCUT2D eigenvalue weighted by Crippen LogP contribution is -2.32. The first kappa shape index (κ1) is 34.0. The number of aromatic nitrogens is 4. The van der Waals surface area contributed by atoms with Gasteiger partial charge in [-0.3, -0.25) is 0 Å². The predicted molar refractivity (Wildman–Crippen MR) is 171 cm³/mol. The van der Waals surface area contributed by atoms with Gasteiger partial charge in [0.05, 0.1) is 39.0 Å². The van der Waals surface area contributed by atoms with Crippen LogP contribution in [0, 0.1) is 12.3 Å². The van der Waals surface area contributed by atoms with Gasteiger partial charge in [0.1, 0.15) is 22.1 Å². The van der Waals surface area contributed by atoms with Crippen LogP contribution in [0.25, 0.3) is 11.4 Å². The lowest BCUT2D eigenvalue weighted by Gasteiger charge is -2.26. The van der Waals surface area contributed by atoms with Gasteiger partial charge in [-0.15, -0.1) is 16.6 Å². The van der Waals surface area contributed by atoms with Crippen molar-refractivity contribution in [3.05, 3.63) is 113 Å². The molecule has 0 aliphatic heterocycles. The first-order chi connectivity index (χ1) is 23.0. The molecular weight excluding hydrogens is 647 g/mol. The molecular formula is C34H30F3N5O5S. The summed E-state index contributed by atoms with van der Waals surface area (Å²) >= 11 is 0. The number of terminal acetylenes is 1. The maximum absolute atomic E-state index is 14.7. The van der Waals surface area contributed by atoms with Gasteiger partial charge in [-0.2, -0.15) is 22.3 Å². The van der Waals surface area contributed by atoms with E-state index < -0.39 is 32.2 Å². The number of halogens is 3. The second kappa shape index (κ2) is 14.2. The van der Waals surface area contributed by atoms with Crippen LogP contribution in [0.2, 0.25) is 0 Å². The molecule has 5 aromatic rings. The third kappa shape index (κ3) is 7.43. The average Bonchev–Trinajstić information content (AvgIpc) is 3.55. The topological polar surface area (TPSA) is 109 Å². The minimum absolute atomic E-state index is 0.0878. The van der Waals surface area contributed by atoms with Crippen molar-refractivity contribution in [3.8, 4) is 41.0 Å². The zero-order valence-electron chi connectivity index (χ0n) is 26.1. The summed E-state index contributed by atoms with van der Waals surface area (Å²) in [6, 6.07) is 21.7. The summed E-state index contributed by atoms with van der Waals surface area (Å²) in [4.78, 5) is 0.0668. The molecule has 0 N–H and O–H groups in total. The zero-order chi connectivity index (χ0) is 34.5. The number of benzene rings is 4. The molecule has 0 saturated heterocycles. The van der Waals surface area contributed by atoms with Crippen LogP contribution in [0.5, 0.6) is 17.2 Å². The van der Waals surface area contributed by atoms with Gasteiger partial charge in [-0.1, -0.05) is 42.3 Å². The van der Waals surface area contributed by atoms with Gasteiger partial charge in [-0.05, 0) is 70.4 Å². The van der Waals surface area contributed by atoms with E-state index in [2.05, 4.69) is 21.3 Å². The SMILES string of the molecule is C#Cc1ccc(C(F)(F)F)c(S(=O)(=O)N(Cc2ccc(OC)cc2)Cc2ccc(OC)cc2)c1-c1nnn(Cc2ccc(OC)cc2)n1. The molecule has 0 amide bonds. The van der Waals surface area contributed by atoms with E-state index in [1.807, 2.05) is 0 Å². The standard InChI is InChI=1S/C34H30F3N5O5S/c1-5-26-12-19-30(34(35,36)37)32(31(26)33-38-40-42(39-33)22-25-10-17-29(47-4)18-11-25)48(43,44)41(20-23-6-13-27(45-2)14-7-23)21-24-8-15-28(46-3)16-9-24/h1,6-19H,20-22H2,2-4H3. The molecule has 0 aliphatic rings. The van der Waals surface area contributed by atoms with E-state index in [9.17, 15) is 21.6 Å². The number of tetrazole rings is 1. The molecule has 0 saturated carbocycles. The summed E-state index contributed by atoms with van der Waals surface area (Å²) < 4.78 is 90.1. The summed E-state index contributed by atoms with van der Waals surface area (Å²) in [7, 11) is -0.497. The second-order valence-electron chi connectivity index (χ2n) is 10.5. The van der Waals surface area contributed by atoms with Gasteiger partial charge in [0.15, 0.2) is 0 Å². The highest BCUT2D eigenvalue weighted by atomic mass is 32.2. The highest BCUT2D eigenvalue weighted by Gasteiger charge is 2.42. The van der Waals surface area contributed by atoms with Crippen molar-refractivity contribution in [3.63, 3.8) is 0 Å². The van der Waals surface area contributed by atoms with E-state index in [1.165, 1.54) is 21.3 Å². The number of ether oxygens (including phenoxy) is 3. The Hall–Kier alpha value is -5.39. The van der Waals surface area contributed by atoms with E-state index in [0.29, 0.717) is 34.4 Å². The number of rotatable bonds is 12. The van der Waals surface area contributed by atoms with Gasteiger partial charge in [-0.25, -0.2) is 8.42 Å². The molecule has 0 atom stereocenters. The Morgan fingerprint density at radius 3 is 1.69 bits per heavy atom. The third-order valence-electron chi connectivity index (χ3n) is 7.41. The Morgan fingerprint density at radius 1 is 0.771 bits per heavy atom. The number of alkyl halides is 3. The number of nitrogens with zero attached hydrogens (tertiary/aromatic N) is 5. The van der Waals surface area contributed by atoms with Crippen LogP contribution < -0.4 is 14.2 Å². The Labute approximate surface area is 275 Å². The first-order valence-electron chi connectivity index (χ1n) is 14.3. The fraction of sp³-hybridized carbons (Fsp3) is 0.206. The fourth-order valence-corrected chi connectivity index (χ4v) is 6.76. The number of sulfonamides is 1. The maximum atomic E-state index is 14.7. The lowest BCUT2D eigenvalue weighted by molar-refractivity contribution is -0.139. The highest BCUT2D eigenvalue weighted by Crippen LogP contribution is 2.42. The maximum Gasteiger partial charge on any atom is 0.417 e. The van der Waals surface area contributed by atoms with Crippen LogP contribution >= 0.6 is 0 Å². The Bertz CT molecular complexity index is 1980. The smallest absolute Gasteiger partial charge is 0.417 e. The quantitative estimate of drug-likeness (QED) is 0.153. The summed E-state index contributed by atoms with van der Waals surface area (Å²) in [5.74, 6) is 3.60. The molecule has 1 heterocycles. The number of hydrogen-bond acceptors (Lipinski definition) is 8. The van der Waals surface area contributed by atoms with Crippen LogP contribution in [0.15, 0.2) is 89.8 Å². The second-order valence-corrected chi connectivity index (χ2v) is 12.3. The van der Waals surface area contributed by atoms with Crippen molar-refractivity contribution in [2.45, 2.75) is 30.7 Å². The Balaban J connectivity index is 1.66. The monoisotopic (exact) mass is 677 g/mol.